The van der Waals surface area contributed by atoms with Crippen LogP contribution in [0, 0.1) is 0 Å². The van der Waals surface area contributed by atoms with Crippen molar-refractivity contribution in [1.82, 2.24) is 9.97 Å². The Morgan fingerprint density at radius 2 is 1.94 bits per heavy atom. The van der Waals surface area contributed by atoms with Crippen molar-refractivity contribution in [2.24, 2.45) is 0 Å². The highest BCUT2D eigenvalue weighted by atomic mass is 35.5. The fraction of sp³-hybridized carbons (Fsp3) is 0.0769. The van der Waals surface area contributed by atoms with Crippen molar-refractivity contribution in [1.29, 1.82) is 0 Å². The lowest BCUT2D eigenvalue weighted by atomic mass is 10.3. The lowest BCUT2D eigenvalue weighted by Gasteiger charge is -2.01. The zero-order valence-electron chi connectivity index (χ0n) is 9.54. The van der Waals surface area contributed by atoms with E-state index in [4.69, 9.17) is 11.6 Å². The Bertz CT molecular complexity index is 529. The number of benzene rings is 1. The van der Waals surface area contributed by atoms with Gasteiger partial charge in [-0.15, -0.1) is 6.58 Å². The summed E-state index contributed by atoms with van der Waals surface area (Å²) in [4.78, 5) is 9.78. The second-order valence-corrected chi connectivity index (χ2v) is 6.05. The molecule has 0 amide bonds. The Kier molecular flexibility index (Phi) is 5.11. The zero-order chi connectivity index (χ0) is 12.8. The second-order valence-electron chi connectivity index (χ2n) is 3.44. The van der Waals surface area contributed by atoms with Crippen LogP contribution in [0.1, 0.15) is 5.69 Å². The van der Waals surface area contributed by atoms with Crippen LogP contribution in [0.5, 0.6) is 0 Å². The SMILES string of the molecule is C=CCc1ccnc(SSc2ccc(Cl)cc2)n1. The van der Waals surface area contributed by atoms with Gasteiger partial charge < -0.3 is 0 Å². The monoisotopic (exact) mass is 294 g/mol. The van der Waals surface area contributed by atoms with E-state index in [1.54, 1.807) is 17.0 Å². The third kappa shape index (κ3) is 4.05. The summed E-state index contributed by atoms with van der Waals surface area (Å²) < 4.78 is 0. The van der Waals surface area contributed by atoms with Crippen molar-refractivity contribution >= 4 is 33.2 Å². The fourth-order valence-corrected chi connectivity index (χ4v) is 3.14. The van der Waals surface area contributed by atoms with Crippen LogP contribution in [0.2, 0.25) is 5.02 Å². The summed E-state index contributed by atoms with van der Waals surface area (Å²) in [5, 5.41) is 1.50. The van der Waals surface area contributed by atoms with Crippen LogP contribution in [0.15, 0.2) is 59.2 Å². The molecule has 0 aliphatic rings. The van der Waals surface area contributed by atoms with Crippen molar-refractivity contribution < 1.29 is 0 Å². The molecule has 2 nitrogen and oxygen atoms in total. The van der Waals surface area contributed by atoms with E-state index in [2.05, 4.69) is 16.5 Å². The Balaban J connectivity index is 1.99. The number of hydrogen-bond acceptors (Lipinski definition) is 4. The molecule has 0 saturated carbocycles. The van der Waals surface area contributed by atoms with Crippen LogP contribution in [-0.4, -0.2) is 9.97 Å². The van der Waals surface area contributed by atoms with Gasteiger partial charge in [-0.1, -0.05) is 17.7 Å². The predicted molar refractivity (Wildman–Crippen MR) is 79.1 cm³/mol. The highest BCUT2D eigenvalue weighted by Crippen LogP contribution is 2.35. The molecule has 0 radical (unpaired) electrons. The van der Waals surface area contributed by atoms with E-state index in [9.17, 15) is 0 Å². The van der Waals surface area contributed by atoms with Gasteiger partial charge in [0.15, 0.2) is 5.16 Å². The molecule has 0 fully saturated rings. The largest absolute Gasteiger partial charge is 0.230 e. The third-order valence-corrected chi connectivity index (χ3v) is 4.49. The second kappa shape index (κ2) is 6.83. The van der Waals surface area contributed by atoms with Crippen LogP contribution < -0.4 is 0 Å². The maximum absolute atomic E-state index is 5.83. The number of aromatic nitrogens is 2. The van der Waals surface area contributed by atoms with Gasteiger partial charge in [0.2, 0.25) is 0 Å². The van der Waals surface area contributed by atoms with E-state index in [0.29, 0.717) is 0 Å². The normalized spacial score (nSPS) is 10.3. The number of hydrogen-bond donors (Lipinski definition) is 0. The summed E-state index contributed by atoms with van der Waals surface area (Å²) in [6.07, 6.45) is 4.38. The molecular formula is C13H11ClN2S2. The molecule has 92 valence electrons. The van der Waals surface area contributed by atoms with Crippen molar-refractivity contribution in [3.05, 3.63) is 59.9 Å². The molecule has 1 aromatic carbocycles. The van der Waals surface area contributed by atoms with Crippen LogP contribution in [-0.2, 0) is 6.42 Å². The molecule has 0 saturated heterocycles. The smallest absolute Gasteiger partial charge is 0.198 e. The van der Waals surface area contributed by atoms with Gasteiger partial charge in [0.1, 0.15) is 0 Å². The molecule has 2 aromatic rings. The van der Waals surface area contributed by atoms with E-state index in [1.807, 2.05) is 36.4 Å². The Morgan fingerprint density at radius 3 is 2.67 bits per heavy atom. The molecule has 0 N–H and O–H groups in total. The Hall–Kier alpha value is -0.970. The van der Waals surface area contributed by atoms with Gasteiger partial charge in [-0.3, -0.25) is 0 Å². The molecule has 0 bridgehead atoms. The quantitative estimate of drug-likeness (QED) is 0.455. The van der Waals surface area contributed by atoms with Crippen LogP contribution in [0.4, 0.5) is 0 Å². The summed E-state index contributed by atoms with van der Waals surface area (Å²) in [5.41, 5.74) is 0.985. The topological polar surface area (TPSA) is 25.8 Å². The molecule has 0 spiro atoms. The van der Waals surface area contributed by atoms with Crippen LogP contribution in [0.3, 0.4) is 0 Å². The predicted octanol–water partition coefficient (Wildman–Crippen LogP) is 4.66. The summed E-state index contributed by atoms with van der Waals surface area (Å²) in [5.74, 6) is 0. The molecule has 0 atom stereocenters. The molecule has 18 heavy (non-hydrogen) atoms. The maximum atomic E-state index is 5.83. The molecule has 0 aliphatic heterocycles. The lowest BCUT2D eigenvalue weighted by molar-refractivity contribution is 0.915. The van der Waals surface area contributed by atoms with Crippen molar-refractivity contribution in [2.45, 2.75) is 16.5 Å². The van der Waals surface area contributed by atoms with Gasteiger partial charge in [0.05, 0.1) is 0 Å². The molecule has 0 aliphatic carbocycles. The molecule has 1 aromatic heterocycles. The fourth-order valence-electron chi connectivity index (χ4n) is 1.25. The van der Waals surface area contributed by atoms with Crippen molar-refractivity contribution in [3.63, 3.8) is 0 Å². The first kappa shape index (κ1) is 13.5. The molecule has 0 unspecified atom stereocenters. The average molecular weight is 295 g/mol. The maximum Gasteiger partial charge on any atom is 0.198 e. The standard InChI is InChI=1S/C13H11ClN2S2/c1-2-3-11-8-9-15-13(16-11)18-17-12-6-4-10(14)5-7-12/h2,4-9H,1,3H2. The number of rotatable bonds is 5. The summed E-state index contributed by atoms with van der Waals surface area (Å²) in [6.45, 7) is 3.70. The number of halogens is 1. The highest BCUT2D eigenvalue weighted by molar-refractivity contribution is 8.76. The first-order valence-electron chi connectivity index (χ1n) is 5.31. The van der Waals surface area contributed by atoms with Gasteiger partial charge in [-0.05, 0) is 51.9 Å². The van der Waals surface area contributed by atoms with E-state index < -0.39 is 0 Å². The third-order valence-electron chi connectivity index (χ3n) is 2.07. The molecule has 2 rings (SSSR count). The summed E-state index contributed by atoms with van der Waals surface area (Å²) in [7, 11) is 3.15. The van der Waals surface area contributed by atoms with Gasteiger partial charge in [0.25, 0.3) is 0 Å². The van der Waals surface area contributed by atoms with E-state index in [0.717, 1.165) is 27.2 Å². The van der Waals surface area contributed by atoms with E-state index in [1.165, 1.54) is 10.8 Å². The minimum absolute atomic E-state index is 0.744. The number of nitrogens with zero attached hydrogens (tertiary/aromatic N) is 2. The Morgan fingerprint density at radius 1 is 1.17 bits per heavy atom. The van der Waals surface area contributed by atoms with Crippen LogP contribution >= 0.6 is 33.2 Å². The van der Waals surface area contributed by atoms with Gasteiger partial charge in [0, 0.05) is 28.2 Å². The molecular weight excluding hydrogens is 284 g/mol. The first-order chi connectivity index (χ1) is 8.78. The Labute approximate surface area is 119 Å². The van der Waals surface area contributed by atoms with Crippen LogP contribution in [0.25, 0.3) is 0 Å². The minimum Gasteiger partial charge on any atom is -0.230 e. The zero-order valence-corrected chi connectivity index (χ0v) is 11.9. The van der Waals surface area contributed by atoms with Crippen molar-refractivity contribution in [3.8, 4) is 0 Å². The first-order valence-corrected chi connectivity index (χ1v) is 7.83. The summed E-state index contributed by atoms with van der Waals surface area (Å²) >= 11 is 5.83. The van der Waals surface area contributed by atoms with E-state index >= 15 is 0 Å². The lowest BCUT2D eigenvalue weighted by Crippen LogP contribution is -1.90. The number of allylic oxidation sites excluding steroid dienone is 1. The summed E-state index contributed by atoms with van der Waals surface area (Å²) in [6, 6.07) is 9.61. The van der Waals surface area contributed by atoms with Gasteiger partial charge in [-0.25, -0.2) is 9.97 Å². The molecule has 1 heterocycles. The van der Waals surface area contributed by atoms with E-state index in [-0.39, 0.29) is 0 Å². The average Bonchev–Trinajstić information content (AvgIpc) is 2.39. The highest BCUT2D eigenvalue weighted by Gasteiger charge is 2.01. The molecule has 5 heteroatoms. The minimum atomic E-state index is 0.744. The van der Waals surface area contributed by atoms with Crippen molar-refractivity contribution in [2.75, 3.05) is 0 Å². The van der Waals surface area contributed by atoms with Gasteiger partial charge in [-0.2, -0.15) is 0 Å². The van der Waals surface area contributed by atoms with Gasteiger partial charge >= 0.3 is 0 Å².